The molecule has 3 aromatic rings. The molecule has 8 nitrogen and oxygen atoms in total. The zero-order chi connectivity index (χ0) is 22.0. The molecule has 0 saturated heterocycles. The monoisotopic (exact) mass is 440 g/mol. The second kappa shape index (κ2) is 8.57. The van der Waals surface area contributed by atoms with Crippen LogP contribution in [0.25, 0.3) is 0 Å². The van der Waals surface area contributed by atoms with E-state index in [4.69, 9.17) is 17.3 Å². The number of hydrazone groups is 1. The van der Waals surface area contributed by atoms with E-state index in [2.05, 4.69) is 15.5 Å². The molecule has 0 radical (unpaired) electrons. The molecular formula is C21H18ClFN6O2. The minimum Gasteiger partial charge on any atom is -0.368 e. The summed E-state index contributed by atoms with van der Waals surface area (Å²) in [5.74, 6) is -1.06. The lowest BCUT2D eigenvalue weighted by Gasteiger charge is -2.20. The SMILES string of the molecule is NC(=O)C1CC(C(=O)Nc2ccnn2Cc2ccc(Cl)cc2)=NN1c1ccc(F)cc1. The highest BCUT2D eigenvalue weighted by Crippen LogP contribution is 2.25. The Labute approximate surface area is 182 Å². The minimum atomic E-state index is -0.842. The van der Waals surface area contributed by atoms with Gasteiger partial charge in [-0.15, -0.1) is 0 Å². The van der Waals surface area contributed by atoms with Crippen molar-refractivity contribution >= 4 is 40.6 Å². The lowest BCUT2D eigenvalue weighted by Crippen LogP contribution is -2.39. The van der Waals surface area contributed by atoms with Crippen molar-refractivity contribution in [2.24, 2.45) is 10.8 Å². The molecule has 0 bridgehead atoms. The van der Waals surface area contributed by atoms with E-state index in [-0.39, 0.29) is 12.1 Å². The Morgan fingerprint density at radius 2 is 1.84 bits per heavy atom. The van der Waals surface area contributed by atoms with Crippen LogP contribution in [0.5, 0.6) is 0 Å². The third-order valence-corrected chi connectivity index (χ3v) is 5.05. The number of rotatable bonds is 6. The Bertz CT molecular complexity index is 1140. The Kier molecular flexibility index (Phi) is 5.68. The molecule has 1 aliphatic rings. The first-order valence-corrected chi connectivity index (χ1v) is 9.78. The van der Waals surface area contributed by atoms with E-state index in [1.54, 1.807) is 29.1 Å². The largest absolute Gasteiger partial charge is 0.368 e. The third-order valence-electron chi connectivity index (χ3n) is 4.80. The summed E-state index contributed by atoms with van der Waals surface area (Å²) in [5.41, 5.74) is 7.04. The molecule has 2 aromatic carbocycles. The number of nitrogens with two attached hydrogens (primary N) is 1. The number of aromatic nitrogens is 2. The first-order valence-electron chi connectivity index (χ1n) is 9.40. The molecule has 0 fully saturated rings. The predicted octanol–water partition coefficient (Wildman–Crippen LogP) is 2.78. The Hall–Kier alpha value is -3.72. The van der Waals surface area contributed by atoms with E-state index in [0.717, 1.165) is 5.56 Å². The topological polar surface area (TPSA) is 106 Å². The van der Waals surface area contributed by atoms with Gasteiger partial charge in [0, 0.05) is 17.5 Å². The lowest BCUT2D eigenvalue weighted by molar-refractivity contribution is -0.119. The van der Waals surface area contributed by atoms with Gasteiger partial charge in [0.25, 0.3) is 5.91 Å². The fourth-order valence-corrected chi connectivity index (χ4v) is 3.34. The zero-order valence-corrected chi connectivity index (χ0v) is 17.0. The molecule has 2 amide bonds. The molecule has 0 saturated carbocycles. The van der Waals surface area contributed by atoms with Gasteiger partial charge >= 0.3 is 0 Å². The van der Waals surface area contributed by atoms with Gasteiger partial charge in [0.2, 0.25) is 5.91 Å². The van der Waals surface area contributed by atoms with E-state index in [1.165, 1.54) is 29.3 Å². The number of anilines is 2. The Morgan fingerprint density at radius 3 is 2.52 bits per heavy atom. The van der Waals surface area contributed by atoms with Crippen molar-refractivity contribution < 1.29 is 14.0 Å². The van der Waals surface area contributed by atoms with Crippen molar-refractivity contribution in [3.63, 3.8) is 0 Å². The molecule has 0 aliphatic carbocycles. The molecule has 1 atom stereocenters. The highest BCUT2D eigenvalue weighted by atomic mass is 35.5. The Balaban J connectivity index is 1.51. The number of halogens is 2. The summed E-state index contributed by atoms with van der Waals surface area (Å²) in [6.45, 7) is 0.428. The van der Waals surface area contributed by atoms with E-state index >= 15 is 0 Å². The number of carbonyl (C=O) groups excluding carboxylic acids is 2. The van der Waals surface area contributed by atoms with Crippen molar-refractivity contribution in [3.05, 3.63) is 77.2 Å². The van der Waals surface area contributed by atoms with Crippen LogP contribution in [0.2, 0.25) is 5.02 Å². The smallest absolute Gasteiger partial charge is 0.273 e. The molecule has 1 aromatic heterocycles. The number of benzene rings is 2. The first-order chi connectivity index (χ1) is 14.9. The van der Waals surface area contributed by atoms with E-state index in [9.17, 15) is 14.0 Å². The number of carbonyl (C=O) groups is 2. The average Bonchev–Trinajstić information content (AvgIpc) is 3.38. The van der Waals surface area contributed by atoms with Gasteiger partial charge in [0.05, 0.1) is 18.4 Å². The zero-order valence-electron chi connectivity index (χ0n) is 16.2. The van der Waals surface area contributed by atoms with Crippen LogP contribution in [0.1, 0.15) is 12.0 Å². The molecular weight excluding hydrogens is 423 g/mol. The summed E-state index contributed by atoms with van der Waals surface area (Å²) < 4.78 is 14.9. The van der Waals surface area contributed by atoms with E-state index in [0.29, 0.717) is 23.1 Å². The number of nitrogens with one attached hydrogen (secondary N) is 1. The number of nitrogens with zero attached hydrogens (tertiary/aromatic N) is 4. The summed E-state index contributed by atoms with van der Waals surface area (Å²) in [5, 5.41) is 13.2. The highest BCUT2D eigenvalue weighted by molar-refractivity contribution is 6.44. The van der Waals surface area contributed by atoms with Crippen LogP contribution in [-0.4, -0.2) is 33.3 Å². The van der Waals surface area contributed by atoms with Crippen molar-refractivity contribution in [3.8, 4) is 0 Å². The fraction of sp³-hybridized carbons (Fsp3) is 0.143. The maximum absolute atomic E-state index is 13.2. The highest BCUT2D eigenvalue weighted by Gasteiger charge is 2.35. The standard InChI is InChI=1S/C21H18ClFN6O2/c22-14-3-1-13(2-4-14)12-28-19(9-10-25-28)26-21(31)17-11-18(20(24)30)29(27-17)16-7-5-15(23)6-8-16/h1-10,18H,11-12H2,(H2,24,30)(H,26,31). The second-order valence-corrected chi connectivity index (χ2v) is 7.38. The quantitative estimate of drug-likeness (QED) is 0.614. The lowest BCUT2D eigenvalue weighted by atomic mass is 10.1. The first kappa shape index (κ1) is 20.5. The summed E-state index contributed by atoms with van der Waals surface area (Å²) >= 11 is 5.92. The van der Waals surface area contributed by atoms with Crippen LogP contribution in [-0.2, 0) is 16.1 Å². The molecule has 2 heterocycles. The molecule has 10 heteroatoms. The van der Waals surface area contributed by atoms with Crippen LogP contribution < -0.4 is 16.1 Å². The van der Waals surface area contributed by atoms with Crippen molar-refractivity contribution in [1.29, 1.82) is 0 Å². The molecule has 0 spiro atoms. The fourth-order valence-electron chi connectivity index (χ4n) is 3.22. The van der Waals surface area contributed by atoms with Gasteiger partial charge in [0.15, 0.2) is 0 Å². The van der Waals surface area contributed by atoms with Crippen LogP contribution in [0.4, 0.5) is 15.9 Å². The van der Waals surface area contributed by atoms with E-state index in [1.807, 2.05) is 12.1 Å². The molecule has 31 heavy (non-hydrogen) atoms. The summed E-state index contributed by atoms with van der Waals surface area (Å²) in [6, 6.07) is 13.5. The minimum absolute atomic E-state index is 0.0316. The summed E-state index contributed by atoms with van der Waals surface area (Å²) in [4.78, 5) is 24.7. The van der Waals surface area contributed by atoms with Crippen LogP contribution in [0.3, 0.4) is 0 Å². The van der Waals surface area contributed by atoms with Gasteiger partial charge in [-0.3, -0.25) is 14.6 Å². The van der Waals surface area contributed by atoms with E-state index < -0.39 is 23.7 Å². The normalized spacial score (nSPS) is 15.6. The third kappa shape index (κ3) is 4.56. The number of hydrogen-bond donors (Lipinski definition) is 2. The molecule has 4 rings (SSSR count). The van der Waals surface area contributed by atoms with Gasteiger partial charge in [-0.05, 0) is 42.0 Å². The predicted molar refractivity (Wildman–Crippen MR) is 115 cm³/mol. The van der Waals surface area contributed by atoms with Gasteiger partial charge in [-0.1, -0.05) is 23.7 Å². The maximum Gasteiger partial charge on any atom is 0.273 e. The van der Waals surface area contributed by atoms with Gasteiger partial charge < -0.3 is 11.1 Å². The number of primary amides is 1. The van der Waals surface area contributed by atoms with Gasteiger partial charge in [-0.25, -0.2) is 9.07 Å². The van der Waals surface area contributed by atoms with Crippen molar-refractivity contribution in [2.45, 2.75) is 19.0 Å². The Morgan fingerprint density at radius 1 is 1.13 bits per heavy atom. The molecule has 158 valence electrons. The van der Waals surface area contributed by atoms with Crippen LogP contribution in [0, 0.1) is 5.82 Å². The number of hydrogen-bond acceptors (Lipinski definition) is 5. The van der Waals surface area contributed by atoms with Crippen LogP contribution in [0.15, 0.2) is 65.9 Å². The average molecular weight is 441 g/mol. The second-order valence-electron chi connectivity index (χ2n) is 6.94. The number of amides is 2. The maximum atomic E-state index is 13.2. The van der Waals surface area contributed by atoms with Crippen molar-refractivity contribution in [1.82, 2.24) is 9.78 Å². The van der Waals surface area contributed by atoms with Crippen molar-refractivity contribution in [2.75, 3.05) is 10.3 Å². The summed E-state index contributed by atoms with van der Waals surface area (Å²) in [6.07, 6.45) is 1.60. The van der Waals surface area contributed by atoms with Gasteiger partial charge in [0.1, 0.15) is 23.4 Å². The summed E-state index contributed by atoms with van der Waals surface area (Å²) in [7, 11) is 0. The van der Waals surface area contributed by atoms with Gasteiger partial charge in [-0.2, -0.15) is 10.2 Å². The molecule has 1 unspecified atom stereocenters. The molecule has 3 N–H and O–H groups in total. The molecule has 1 aliphatic heterocycles. The van der Waals surface area contributed by atoms with Crippen LogP contribution >= 0.6 is 11.6 Å².